The highest BCUT2D eigenvalue weighted by Crippen LogP contribution is 2.35. The van der Waals surface area contributed by atoms with Crippen molar-refractivity contribution < 1.29 is 19.4 Å². The third kappa shape index (κ3) is 4.57. The molecule has 0 saturated carbocycles. The van der Waals surface area contributed by atoms with Crippen molar-refractivity contribution in [3.05, 3.63) is 28.8 Å². The minimum absolute atomic E-state index is 0.308. The minimum atomic E-state index is -1.06. The van der Waals surface area contributed by atoms with E-state index in [4.69, 9.17) is 32.6 Å². The van der Waals surface area contributed by atoms with Crippen LogP contribution in [0.5, 0.6) is 11.5 Å². The number of carbonyl (C=O) groups is 1. The lowest BCUT2D eigenvalue weighted by Gasteiger charge is -2.13. The molecule has 0 aromatic heterocycles. The first-order valence-electron chi connectivity index (χ1n) is 5.43. The zero-order valence-electron chi connectivity index (χ0n) is 10.4. The van der Waals surface area contributed by atoms with Crippen LogP contribution >= 0.6 is 11.6 Å². The van der Waals surface area contributed by atoms with Crippen LogP contribution in [0.2, 0.25) is 5.02 Å². The highest BCUT2D eigenvalue weighted by Gasteiger charge is 2.11. The Hall–Kier alpha value is -2.12. The summed E-state index contributed by atoms with van der Waals surface area (Å²) in [6.07, 6.45) is 7.98. The predicted molar refractivity (Wildman–Crippen MR) is 73.6 cm³/mol. The number of benzene rings is 1. The van der Waals surface area contributed by atoms with Gasteiger partial charge in [0.05, 0.1) is 13.7 Å². The highest BCUT2D eigenvalue weighted by atomic mass is 35.5. The molecule has 19 heavy (non-hydrogen) atoms. The Labute approximate surface area is 116 Å². The van der Waals surface area contributed by atoms with E-state index in [0.717, 1.165) is 6.08 Å². The molecule has 1 rings (SSSR count). The molecule has 4 nitrogen and oxygen atoms in total. The molecule has 0 aliphatic rings. The van der Waals surface area contributed by atoms with Gasteiger partial charge in [-0.15, -0.1) is 12.3 Å². The molecule has 0 spiro atoms. The number of carboxylic acids is 1. The summed E-state index contributed by atoms with van der Waals surface area (Å²) in [4.78, 5) is 10.6. The molecule has 0 aliphatic carbocycles. The van der Waals surface area contributed by atoms with Crippen molar-refractivity contribution in [1.82, 2.24) is 0 Å². The smallest absolute Gasteiger partial charge is 0.328 e. The standard InChI is InChI=1S/C14H13ClO4/c1-3-4-7-19-14-10(5-6-13(16)17)8-11(15)9-12(14)18-2/h1,5-6,8-9H,4,7H2,2H3,(H,16,17)/b6-5+. The summed E-state index contributed by atoms with van der Waals surface area (Å²) in [6.45, 7) is 0.308. The Kier molecular flexibility index (Phi) is 5.77. The second-order valence-electron chi connectivity index (χ2n) is 3.50. The van der Waals surface area contributed by atoms with Crippen LogP contribution in [-0.2, 0) is 4.79 Å². The van der Waals surface area contributed by atoms with Crippen LogP contribution in [0.4, 0.5) is 0 Å². The number of carboxylic acid groups (broad SMARTS) is 1. The van der Waals surface area contributed by atoms with Gasteiger partial charge in [0.15, 0.2) is 11.5 Å². The first kappa shape index (κ1) is 14.9. The molecule has 0 aliphatic heterocycles. The maximum Gasteiger partial charge on any atom is 0.328 e. The monoisotopic (exact) mass is 280 g/mol. The average molecular weight is 281 g/mol. The van der Waals surface area contributed by atoms with Gasteiger partial charge < -0.3 is 14.6 Å². The lowest BCUT2D eigenvalue weighted by Crippen LogP contribution is -2.00. The topological polar surface area (TPSA) is 55.8 Å². The molecule has 0 unspecified atom stereocenters. The molecular weight excluding hydrogens is 268 g/mol. The van der Waals surface area contributed by atoms with Crippen LogP contribution in [0.1, 0.15) is 12.0 Å². The molecule has 100 valence electrons. The summed E-state index contributed by atoms with van der Waals surface area (Å²) in [5, 5.41) is 9.08. The van der Waals surface area contributed by atoms with E-state index in [-0.39, 0.29) is 0 Å². The van der Waals surface area contributed by atoms with E-state index in [1.807, 2.05) is 0 Å². The summed E-state index contributed by atoms with van der Waals surface area (Å²) in [5.74, 6) is 2.23. The van der Waals surface area contributed by atoms with Crippen LogP contribution in [0.3, 0.4) is 0 Å². The van der Waals surface area contributed by atoms with Gasteiger partial charge in [-0.2, -0.15) is 0 Å². The summed E-state index contributed by atoms with van der Waals surface area (Å²) in [5.41, 5.74) is 0.517. The molecular formula is C14H13ClO4. The molecule has 0 bridgehead atoms. The van der Waals surface area contributed by atoms with Crippen LogP contribution in [0.25, 0.3) is 6.08 Å². The first-order valence-corrected chi connectivity index (χ1v) is 5.81. The number of halogens is 1. The summed E-state index contributed by atoms with van der Waals surface area (Å²) >= 11 is 5.93. The first-order chi connectivity index (χ1) is 9.08. The third-order valence-corrected chi connectivity index (χ3v) is 2.38. The summed E-state index contributed by atoms with van der Waals surface area (Å²) in [6, 6.07) is 3.18. The lowest BCUT2D eigenvalue weighted by molar-refractivity contribution is -0.131. The molecule has 0 heterocycles. The highest BCUT2D eigenvalue weighted by molar-refractivity contribution is 6.31. The van der Waals surface area contributed by atoms with Gasteiger partial charge in [-0.05, 0) is 12.1 Å². The molecule has 0 atom stereocenters. The van der Waals surface area contributed by atoms with E-state index in [0.29, 0.717) is 35.1 Å². The van der Waals surface area contributed by atoms with E-state index < -0.39 is 5.97 Å². The number of aliphatic carboxylic acids is 1. The van der Waals surface area contributed by atoms with E-state index in [9.17, 15) is 4.79 Å². The van der Waals surface area contributed by atoms with Crippen molar-refractivity contribution in [1.29, 1.82) is 0 Å². The Morgan fingerprint density at radius 1 is 1.58 bits per heavy atom. The van der Waals surface area contributed by atoms with E-state index in [2.05, 4.69) is 5.92 Å². The number of ether oxygens (including phenoxy) is 2. The van der Waals surface area contributed by atoms with Crippen molar-refractivity contribution in [2.24, 2.45) is 0 Å². The summed E-state index contributed by atoms with van der Waals surface area (Å²) in [7, 11) is 1.48. The quantitative estimate of drug-likeness (QED) is 0.494. The fourth-order valence-electron chi connectivity index (χ4n) is 1.39. The van der Waals surface area contributed by atoms with E-state index >= 15 is 0 Å². The Balaban J connectivity index is 3.13. The zero-order valence-corrected chi connectivity index (χ0v) is 11.1. The molecule has 5 heteroatoms. The van der Waals surface area contributed by atoms with Gasteiger partial charge in [0.25, 0.3) is 0 Å². The molecule has 1 N–H and O–H groups in total. The van der Waals surface area contributed by atoms with Gasteiger partial charge in [-0.3, -0.25) is 0 Å². The molecule has 1 aromatic rings. The Morgan fingerprint density at radius 2 is 2.32 bits per heavy atom. The molecule has 0 fully saturated rings. The van der Waals surface area contributed by atoms with Crippen molar-refractivity contribution in [3.63, 3.8) is 0 Å². The number of hydrogen-bond donors (Lipinski definition) is 1. The van der Waals surface area contributed by atoms with Crippen molar-refractivity contribution in [2.45, 2.75) is 6.42 Å². The SMILES string of the molecule is C#CCCOc1c(/C=C/C(=O)O)cc(Cl)cc1OC. The maximum atomic E-state index is 10.6. The third-order valence-electron chi connectivity index (χ3n) is 2.17. The second-order valence-corrected chi connectivity index (χ2v) is 3.94. The Morgan fingerprint density at radius 3 is 2.89 bits per heavy atom. The molecule has 0 saturated heterocycles. The number of methoxy groups -OCH3 is 1. The number of hydrogen-bond acceptors (Lipinski definition) is 3. The average Bonchev–Trinajstić information content (AvgIpc) is 2.37. The van der Waals surface area contributed by atoms with Crippen molar-refractivity contribution in [2.75, 3.05) is 13.7 Å². The largest absolute Gasteiger partial charge is 0.493 e. The lowest BCUT2D eigenvalue weighted by atomic mass is 10.1. The van der Waals surface area contributed by atoms with Gasteiger partial charge in [0, 0.05) is 29.1 Å². The van der Waals surface area contributed by atoms with E-state index in [1.165, 1.54) is 13.2 Å². The zero-order chi connectivity index (χ0) is 14.3. The molecule has 0 radical (unpaired) electrons. The molecule has 0 amide bonds. The number of rotatable bonds is 6. The predicted octanol–water partition coefficient (Wildman–Crippen LogP) is 2.85. The van der Waals surface area contributed by atoms with Crippen LogP contribution in [0, 0.1) is 12.3 Å². The molecule has 1 aromatic carbocycles. The van der Waals surface area contributed by atoms with Crippen LogP contribution in [0.15, 0.2) is 18.2 Å². The van der Waals surface area contributed by atoms with Crippen LogP contribution < -0.4 is 9.47 Å². The van der Waals surface area contributed by atoms with Gasteiger partial charge in [-0.25, -0.2) is 4.79 Å². The van der Waals surface area contributed by atoms with Gasteiger partial charge in [0.1, 0.15) is 0 Å². The Bertz CT molecular complexity index is 529. The van der Waals surface area contributed by atoms with Crippen molar-refractivity contribution >= 4 is 23.6 Å². The van der Waals surface area contributed by atoms with E-state index in [1.54, 1.807) is 12.1 Å². The normalized spacial score (nSPS) is 10.2. The minimum Gasteiger partial charge on any atom is -0.493 e. The van der Waals surface area contributed by atoms with Gasteiger partial charge in [0.2, 0.25) is 0 Å². The fraction of sp³-hybridized carbons (Fsp3) is 0.214. The fourth-order valence-corrected chi connectivity index (χ4v) is 1.61. The van der Waals surface area contributed by atoms with Gasteiger partial charge >= 0.3 is 5.97 Å². The second kappa shape index (κ2) is 7.34. The van der Waals surface area contributed by atoms with Gasteiger partial charge in [-0.1, -0.05) is 11.6 Å². The number of terminal acetylenes is 1. The maximum absolute atomic E-state index is 10.6. The summed E-state index contributed by atoms with van der Waals surface area (Å²) < 4.78 is 10.7. The van der Waals surface area contributed by atoms with Crippen molar-refractivity contribution in [3.8, 4) is 23.8 Å². The van der Waals surface area contributed by atoms with Crippen LogP contribution in [-0.4, -0.2) is 24.8 Å².